The predicted octanol–water partition coefficient (Wildman–Crippen LogP) is 3.47. The summed E-state index contributed by atoms with van der Waals surface area (Å²) in [5.41, 5.74) is 11.2. The van der Waals surface area contributed by atoms with Gasteiger partial charge in [0.15, 0.2) is 0 Å². The van der Waals surface area contributed by atoms with Crippen LogP contribution in [-0.4, -0.2) is 11.8 Å². The second-order valence-corrected chi connectivity index (χ2v) is 5.46. The smallest absolute Gasteiger partial charge is 0.248 e. The van der Waals surface area contributed by atoms with Gasteiger partial charge >= 0.3 is 0 Å². The van der Waals surface area contributed by atoms with E-state index in [0.29, 0.717) is 34.1 Å². The normalized spacial score (nSPS) is 10.2. The van der Waals surface area contributed by atoms with Gasteiger partial charge in [-0.2, -0.15) is 0 Å². The number of carbonyl (C=O) groups is 2. The zero-order valence-electron chi connectivity index (χ0n) is 13.7. The molecule has 0 aliphatic carbocycles. The lowest BCUT2D eigenvalue weighted by atomic mass is 10.2. The van der Waals surface area contributed by atoms with E-state index < -0.39 is 11.8 Å². The molecule has 130 valence electrons. The van der Waals surface area contributed by atoms with Gasteiger partial charge in [-0.05, 0) is 60.7 Å². The van der Waals surface area contributed by atoms with E-state index in [0.717, 1.165) is 0 Å². The summed E-state index contributed by atoms with van der Waals surface area (Å²) < 4.78 is 11.5. The monoisotopic (exact) mass is 348 g/mol. The van der Waals surface area contributed by atoms with E-state index >= 15 is 0 Å². The van der Waals surface area contributed by atoms with Gasteiger partial charge in [-0.15, -0.1) is 0 Å². The van der Waals surface area contributed by atoms with E-state index in [1.54, 1.807) is 72.8 Å². The molecule has 0 spiro atoms. The van der Waals surface area contributed by atoms with E-state index in [1.807, 2.05) is 0 Å². The van der Waals surface area contributed by atoms with Gasteiger partial charge in [-0.1, -0.05) is 6.07 Å². The molecule has 0 atom stereocenters. The molecule has 4 N–H and O–H groups in total. The minimum Gasteiger partial charge on any atom is -0.457 e. The van der Waals surface area contributed by atoms with E-state index in [1.165, 1.54) is 0 Å². The Hall–Kier alpha value is -3.80. The van der Waals surface area contributed by atoms with Crippen LogP contribution in [0, 0.1) is 0 Å². The quantitative estimate of drug-likeness (QED) is 0.711. The van der Waals surface area contributed by atoms with E-state index in [-0.39, 0.29) is 0 Å². The van der Waals surface area contributed by atoms with Crippen molar-refractivity contribution in [3.63, 3.8) is 0 Å². The maximum Gasteiger partial charge on any atom is 0.248 e. The Labute approximate surface area is 150 Å². The molecule has 0 aliphatic heterocycles. The van der Waals surface area contributed by atoms with E-state index in [4.69, 9.17) is 20.9 Å². The molecule has 0 radical (unpaired) electrons. The maximum atomic E-state index is 11.1. The second kappa shape index (κ2) is 7.40. The number of carbonyl (C=O) groups excluding carboxylic acids is 2. The third-order valence-corrected chi connectivity index (χ3v) is 3.55. The summed E-state index contributed by atoms with van der Waals surface area (Å²) >= 11 is 0. The lowest BCUT2D eigenvalue weighted by Gasteiger charge is -2.09. The first-order valence-electron chi connectivity index (χ1n) is 7.77. The fourth-order valence-electron chi connectivity index (χ4n) is 2.25. The molecule has 0 saturated heterocycles. The van der Waals surface area contributed by atoms with Crippen LogP contribution in [0.1, 0.15) is 20.7 Å². The largest absolute Gasteiger partial charge is 0.457 e. The van der Waals surface area contributed by atoms with Gasteiger partial charge in [-0.3, -0.25) is 9.59 Å². The molecule has 6 heteroatoms. The van der Waals surface area contributed by atoms with Crippen molar-refractivity contribution in [2.45, 2.75) is 0 Å². The molecular formula is C20H16N2O4. The van der Waals surface area contributed by atoms with Crippen molar-refractivity contribution in [2.24, 2.45) is 11.5 Å². The molecule has 0 heterocycles. The Bertz CT molecular complexity index is 860. The molecular weight excluding hydrogens is 332 g/mol. The Morgan fingerprint density at radius 3 is 1.31 bits per heavy atom. The lowest BCUT2D eigenvalue weighted by molar-refractivity contribution is 0.0992. The molecule has 3 aromatic carbocycles. The minimum atomic E-state index is -0.491. The van der Waals surface area contributed by atoms with Crippen molar-refractivity contribution in [2.75, 3.05) is 0 Å². The van der Waals surface area contributed by atoms with Crippen molar-refractivity contribution < 1.29 is 19.1 Å². The molecule has 0 unspecified atom stereocenters. The third-order valence-electron chi connectivity index (χ3n) is 3.55. The number of rotatable bonds is 6. The average molecular weight is 348 g/mol. The fraction of sp³-hybridized carbons (Fsp3) is 0. The first kappa shape index (κ1) is 17.0. The molecule has 6 nitrogen and oxygen atoms in total. The summed E-state index contributed by atoms with van der Waals surface area (Å²) in [6.45, 7) is 0. The molecule has 3 rings (SSSR count). The fourth-order valence-corrected chi connectivity index (χ4v) is 2.25. The number of hydrogen-bond acceptors (Lipinski definition) is 4. The van der Waals surface area contributed by atoms with Gasteiger partial charge in [-0.25, -0.2) is 0 Å². The van der Waals surface area contributed by atoms with Crippen molar-refractivity contribution >= 4 is 11.8 Å². The summed E-state index contributed by atoms with van der Waals surface area (Å²) in [5.74, 6) is 1.30. The van der Waals surface area contributed by atoms with Crippen molar-refractivity contribution in [1.82, 2.24) is 0 Å². The molecule has 2 amide bonds. The Morgan fingerprint density at radius 2 is 0.962 bits per heavy atom. The number of hydrogen-bond donors (Lipinski definition) is 2. The zero-order valence-corrected chi connectivity index (χ0v) is 13.7. The van der Waals surface area contributed by atoms with Crippen LogP contribution in [0.15, 0.2) is 72.8 Å². The minimum absolute atomic E-state index is 0.411. The Balaban J connectivity index is 1.71. The number of amides is 2. The second-order valence-electron chi connectivity index (χ2n) is 5.46. The van der Waals surface area contributed by atoms with Crippen molar-refractivity contribution in [3.05, 3.63) is 83.9 Å². The van der Waals surface area contributed by atoms with Crippen LogP contribution in [0.2, 0.25) is 0 Å². The Kier molecular flexibility index (Phi) is 4.85. The first-order valence-corrected chi connectivity index (χ1v) is 7.77. The van der Waals surface area contributed by atoms with Crippen LogP contribution in [0.3, 0.4) is 0 Å². The summed E-state index contributed by atoms with van der Waals surface area (Å²) in [7, 11) is 0. The molecule has 0 saturated carbocycles. The summed E-state index contributed by atoms with van der Waals surface area (Å²) in [6.07, 6.45) is 0. The van der Waals surface area contributed by atoms with Crippen LogP contribution in [0.5, 0.6) is 23.0 Å². The first-order chi connectivity index (χ1) is 12.5. The average Bonchev–Trinajstić information content (AvgIpc) is 2.63. The van der Waals surface area contributed by atoms with Gasteiger partial charge in [0.1, 0.15) is 23.0 Å². The maximum absolute atomic E-state index is 11.1. The number of primary amides is 2. The van der Waals surface area contributed by atoms with Gasteiger partial charge < -0.3 is 20.9 Å². The van der Waals surface area contributed by atoms with Gasteiger partial charge in [0, 0.05) is 17.2 Å². The predicted molar refractivity (Wildman–Crippen MR) is 96.5 cm³/mol. The van der Waals surface area contributed by atoms with Crippen molar-refractivity contribution in [1.29, 1.82) is 0 Å². The highest BCUT2D eigenvalue weighted by Gasteiger charge is 2.05. The van der Waals surface area contributed by atoms with Crippen LogP contribution in [0.4, 0.5) is 0 Å². The highest BCUT2D eigenvalue weighted by Crippen LogP contribution is 2.28. The summed E-state index contributed by atoms with van der Waals surface area (Å²) in [5, 5.41) is 0. The number of ether oxygens (including phenoxy) is 2. The summed E-state index contributed by atoms with van der Waals surface area (Å²) in [6, 6.07) is 20.1. The van der Waals surface area contributed by atoms with Crippen molar-refractivity contribution in [3.8, 4) is 23.0 Å². The SMILES string of the molecule is NC(=O)c1ccc(Oc2cccc(Oc3ccc(C(N)=O)cc3)c2)cc1. The zero-order chi connectivity index (χ0) is 18.5. The molecule has 0 bridgehead atoms. The highest BCUT2D eigenvalue weighted by atomic mass is 16.5. The number of nitrogens with two attached hydrogens (primary N) is 2. The molecule has 0 fully saturated rings. The topological polar surface area (TPSA) is 105 Å². The molecule has 3 aromatic rings. The van der Waals surface area contributed by atoms with Gasteiger partial charge in [0.05, 0.1) is 0 Å². The highest BCUT2D eigenvalue weighted by molar-refractivity contribution is 5.93. The molecule has 0 aromatic heterocycles. The van der Waals surface area contributed by atoms with E-state index in [2.05, 4.69) is 0 Å². The van der Waals surface area contributed by atoms with Crippen LogP contribution >= 0.6 is 0 Å². The molecule has 26 heavy (non-hydrogen) atoms. The standard InChI is InChI=1S/C20H16N2O4/c21-19(23)13-4-8-15(9-5-13)25-17-2-1-3-18(12-17)26-16-10-6-14(7-11-16)20(22)24/h1-12H,(H2,21,23)(H2,22,24). The lowest BCUT2D eigenvalue weighted by Crippen LogP contribution is -2.10. The van der Waals surface area contributed by atoms with Crippen LogP contribution in [0.25, 0.3) is 0 Å². The summed E-state index contributed by atoms with van der Waals surface area (Å²) in [4.78, 5) is 22.2. The van der Waals surface area contributed by atoms with Crippen LogP contribution in [-0.2, 0) is 0 Å². The Morgan fingerprint density at radius 1 is 0.577 bits per heavy atom. The van der Waals surface area contributed by atoms with Gasteiger partial charge in [0.25, 0.3) is 0 Å². The van der Waals surface area contributed by atoms with Crippen LogP contribution < -0.4 is 20.9 Å². The van der Waals surface area contributed by atoms with E-state index in [9.17, 15) is 9.59 Å². The molecule has 0 aliphatic rings. The number of benzene rings is 3. The third kappa shape index (κ3) is 4.18. The van der Waals surface area contributed by atoms with Gasteiger partial charge in [0.2, 0.25) is 11.8 Å².